The molecule has 1 fully saturated rings. The molecule has 36 heavy (non-hydrogen) atoms. The number of hydrogen-bond donors (Lipinski definition) is 3. The SMILES string of the molecule is CC1CC(O)(C(C)O)C(O)C(OC2C(C)C=CC(=O)OC(C)C(C)C=CC=CC(=O)C(C)CC2C)O1. The van der Waals surface area contributed by atoms with Gasteiger partial charge in [-0.15, -0.1) is 0 Å². The standard InChI is InChI=1S/C28H44O8/c1-16-10-8-9-11-23(30)18(3)14-19(4)25(17(2)12-13-24(31)35-21(16)6)36-27-26(32)28(33,22(7)29)15-20(5)34-27/h8-13,16-22,25-27,29,32-33H,14-15H2,1-7H3. The Morgan fingerprint density at radius 1 is 1.03 bits per heavy atom. The lowest BCUT2D eigenvalue weighted by Gasteiger charge is -2.47. The zero-order chi connectivity index (χ0) is 27.2. The van der Waals surface area contributed by atoms with E-state index in [1.165, 1.54) is 13.0 Å². The van der Waals surface area contributed by atoms with Crippen molar-refractivity contribution in [3.63, 3.8) is 0 Å². The molecule has 8 nitrogen and oxygen atoms in total. The molecule has 2 aliphatic heterocycles. The van der Waals surface area contributed by atoms with Crippen LogP contribution in [0.4, 0.5) is 0 Å². The van der Waals surface area contributed by atoms with Crippen molar-refractivity contribution in [2.75, 3.05) is 0 Å². The van der Waals surface area contributed by atoms with Crippen LogP contribution in [0.3, 0.4) is 0 Å². The number of aliphatic hydroxyl groups is 3. The molecule has 0 aliphatic carbocycles. The first-order valence-corrected chi connectivity index (χ1v) is 12.9. The van der Waals surface area contributed by atoms with Crippen molar-refractivity contribution in [2.24, 2.45) is 23.7 Å². The third-order valence-corrected chi connectivity index (χ3v) is 7.42. The Morgan fingerprint density at radius 3 is 2.33 bits per heavy atom. The summed E-state index contributed by atoms with van der Waals surface area (Å²) >= 11 is 0. The Balaban J connectivity index is 2.35. The number of esters is 1. The summed E-state index contributed by atoms with van der Waals surface area (Å²) in [5.74, 6) is -1.31. The molecule has 0 bridgehead atoms. The molecule has 0 saturated carbocycles. The van der Waals surface area contributed by atoms with Gasteiger partial charge in [-0.1, -0.05) is 52.0 Å². The number of aliphatic hydroxyl groups excluding tert-OH is 2. The van der Waals surface area contributed by atoms with Gasteiger partial charge in [-0.05, 0) is 39.2 Å². The molecule has 8 heteroatoms. The monoisotopic (exact) mass is 508 g/mol. The molecule has 0 amide bonds. The van der Waals surface area contributed by atoms with E-state index < -0.39 is 42.3 Å². The Morgan fingerprint density at radius 2 is 1.69 bits per heavy atom. The first kappa shape index (κ1) is 30.4. The Bertz CT molecular complexity index is 833. The topological polar surface area (TPSA) is 123 Å². The zero-order valence-corrected chi connectivity index (χ0v) is 22.5. The molecule has 11 unspecified atom stereocenters. The summed E-state index contributed by atoms with van der Waals surface area (Å²) in [5, 5.41) is 32.0. The second-order valence-electron chi connectivity index (χ2n) is 10.7. The van der Waals surface area contributed by atoms with Crippen molar-refractivity contribution in [3.8, 4) is 0 Å². The van der Waals surface area contributed by atoms with Gasteiger partial charge < -0.3 is 29.5 Å². The lowest BCUT2D eigenvalue weighted by molar-refractivity contribution is -0.322. The number of rotatable bonds is 3. The smallest absolute Gasteiger partial charge is 0.330 e. The number of carbonyl (C=O) groups excluding carboxylic acids is 2. The molecular formula is C28H44O8. The highest BCUT2D eigenvalue weighted by Crippen LogP contribution is 2.35. The van der Waals surface area contributed by atoms with Crippen molar-refractivity contribution < 1.29 is 39.1 Å². The van der Waals surface area contributed by atoms with Gasteiger partial charge in [-0.2, -0.15) is 0 Å². The number of ether oxygens (including phenoxy) is 3. The summed E-state index contributed by atoms with van der Waals surface area (Å²) in [4.78, 5) is 25.2. The molecule has 1 saturated heterocycles. The Hall–Kier alpha value is -1.84. The number of ketones is 1. The third kappa shape index (κ3) is 7.83. The van der Waals surface area contributed by atoms with Crippen LogP contribution in [0.25, 0.3) is 0 Å². The molecular weight excluding hydrogens is 464 g/mol. The molecule has 2 heterocycles. The molecule has 0 spiro atoms. The lowest BCUT2D eigenvalue weighted by Crippen LogP contribution is -2.63. The highest BCUT2D eigenvalue weighted by atomic mass is 16.7. The first-order chi connectivity index (χ1) is 16.8. The van der Waals surface area contributed by atoms with E-state index >= 15 is 0 Å². The summed E-state index contributed by atoms with van der Waals surface area (Å²) in [6.07, 6.45) is 5.23. The number of hydrogen-bond acceptors (Lipinski definition) is 8. The van der Waals surface area contributed by atoms with Gasteiger partial charge in [0.25, 0.3) is 0 Å². The van der Waals surface area contributed by atoms with Gasteiger partial charge in [0.1, 0.15) is 17.8 Å². The predicted molar refractivity (Wildman–Crippen MR) is 136 cm³/mol. The average molecular weight is 509 g/mol. The summed E-state index contributed by atoms with van der Waals surface area (Å²) in [6, 6.07) is 0. The average Bonchev–Trinajstić information content (AvgIpc) is 2.80. The highest BCUT2D eigenvalue weighted by Gasteiger charge is 2.51. The molecule has 11 atom stereocenters. The summed E-state index contributed by atoms with van der Waals surface area (Å²) in [5.41, 5.74) is -1.79. The molecule has 2 aliphatic rings. The van der Waals surface area contributed by atoms with E-state index in [9.17, 15) is 24.9 Å². The van der Waals surface area contributed by atoms with Gasteiger partial charge in [0.2, 0.25) is 0 Å². The zero-order valence-electron chi connectivity index (χ0n) is 22.5. The fraction of sp³-hybridized carbons (Fsp3) is 0.714. The minimum absolute atomic E-state index is 0.0151. The molecule has 204 valence electrons. The summed E-state index contributed by atoms with van der Waals surface area (Å²) in [6.45, 7) is 12.6. The summed E-state index contributed by atoms with van der Waals surface area (Å²) < 4.78 is 17.6. The first-order valence-electron chi connectivity index (χ1n) is 12.9. The van der Waals surface area contributed by atoms with Gasteiger partial charge in [-0.3, -0.25) is 4.79 Å². The number of allylic oxidation sites excluding steroid dienone is 3. The van der Waals surface area contributed by atoms with Crippen LogP contribution >= 0.6 is 0 Å². The maximum absolute atomic E-state index is 12.7. The van der Waals surface area contributed by atoms with Gasteiger partial charge in [0.15, 0.2) is 12.1 Å². The molecule has 0 aromatic rings. The maximum Gasteiger partial charge on any atom is 0.330 e. The lowest BCUT2D eigenvalue weighted by atomic mass is 9.82. The fourth-order valence-corrected chi connectivity index (χ4v) is 4.81. The van der Waals surface area contributed by atoms with Crippen molar-refractivity contribution in [1.82, 2.24) is 0 Å². The summed E-state index contributed by atoms with van der Waals surface area (Å²) in [7, 11) is 0. The normalized spacial score (nSPS) is 42.2. The quantitative estimate of drug-likeness (QED) is 0.497. The number of cyclic esters (lactones) is 1. The van der Waals surface area contributed by atoms with Gasteiger partial charge >= 0.3 is 5.97 Å². The van der Waals surface area contributed by atoms with Crippen LogP contribution in [0.1, 0.15) is 61.3 Å². The van der Waals surface area contributed by atoms with E-state index in [-0.39, 0.29) is 42.0 Å². The van der Waals surface area contributed by atoms with E-state index in [1.54, 1.807) is 31.2 Å². The predicted octanol–water partition coefficient (Wildman–Crippen LogP) is 3.10. The molecule has 0 radical (unpaired) electrons. The fourth-order valence-electron chi connectivity index (χ4n) is 4.81. The van der Waals surface area contributed by atoms with Crippen LogP contribution in [0.15, 0.2) is 36.5 Å². The van der Waals surface area contributed by atoms with E-state index in [2.05, 4.69) is 0 Å². The Labute approximate surface area is 215 Å². The van der Waals surface area contributed by atoms with E-state index in [0.717, 1.165) is 0 Å². The van der Waals surface area contributed by atoms with Crippen LogP contribution in [-0.4, -0.2) is 69.5 Å². The van der Waals surface area contributed by atoms with Crippen LogP contribution in [-0.2, 0) is 23.8 Å². The minimum atomic E-state index is -1.79. The van der Waals surface area contributed by atoms with Gasteiger partial charge in [0.05, 0.1) is 18.3 Å². The van der Waals surface area contributed by atoms with E-state index in [1.807, 2.05) is 40.7 Å². The van der Waals surface area contributed by atoms with Crippen LogP contribution in [0.2, 0.25) is 0 Å². The minimum Gasteiger partial charge on any atom is -0.459 e. The van der Waals surface area contributed by atoms with Crippen molar-refractivity contribution in [2.45, 2.75) is 104 Å². The maximum atomic E-state index is 12.7. The molecule has 3 N–H and O–H groups in total. The molecule has 0 aromatic carbocycles. The highest BCUT2D eigenvalue weighted by molar-refractivity contribution is 5.91. The molecule has 2 rings (SSSR count). The van der Waals surface area contributed by atoms with Crippen LogP contribution < -0.4 is 0 Å². The van der Waals surface area contributed by atoms with Crippen molar-refractivity contribution >= 4 is 11.8 Å². The third-order valence-electron chi connectivity index (χ3n) is 7.42. The van der Waals surface area contributed by atoms with Crippen molar-refractivity contribution in [1.29, 1.82) is 0 Å². The van der Waals surface area contributed by atoms with Crippen LogP contribution in [0, 0.1) is 23.7 Å². The van der Waals surface area contributed by atoms with Crippen LogP contribution in [0.5, 0.6) is 0 Å². The van der Waals surface area contributed by atoms with E-state index in [4.69, 9.17) is 14.2 Å². The Kier molecular flexibility index (Phi) is 11.1. The van der Waals surface area contributed by atoms with E-state index in [0.29, 0.717) is 6.42 Å². The van der Waals surface area contributed by atoms with Gasteiger partial charge in [-0.25, -0.2) is 4.79 Å². The second-order valence-corrected chi connectivity index (χ2v) is 10.7. The van der Waals surface area contributed by atoms with Gasteiger partial charge in [0, 0.05) is 30.3 Å². The van der Waals surface area contributed by atoms with Crippen molar-refractivity contribution in [3.05, 3.63) is 36.5 Å². The second kappa shape index (κ2) is 13.1. The molecule has 0 aromatic heterocycles. The largest absolute Gasteiger partial charge is 0.459 e. The number of carbonyl (C=O) groups is 2.